The zero-order chi connectivity index (χ0) is 12.0. The van der Waals surface area contributed by atoms with E-state index in [1.165, 1.54) is 25.9 Å². The SMILES string of the molecule is CC(C)(C)C(=O)O[CH]COC1CCCCC1. The second-order valence-electron chi connectivity index (χ2n) is 5.42. The van der Waals surface area contributed by atoms with Crippen molar-refractivity contribution in [3.8, 4) is 0 Å². The van der Waals surface area contributed by atoms with E-state index in [2.05, 4.69) is 0 Å². The highest BCUT2D eigenvalue weighted by molar-refractivity contribution is 5.75. The Morgan fingerprint density at radius 1 is 1.25 bits per heavy atom. The van der Waals surface area contributed by atoms with Crippen LogP contribution in [0, 0.1) is 12.0 Å². The van der Waals surface area contributed by atoms with E-state index >= 15 is 0 Å². The van der Waals surface area contributed by atoms with E-state index in [0.717, 1.165) is 12.8 Å². The molecular formula is C13H23O3. The predicted molar refractivity (Wildman–Crippen MR) is 62.7 cm³/mol. The number of carbonyl (C=O) groups is 1. The molecule has 0 spiro atoms. The van der Waals surface area contributed by atoms with Crippen molar-refractivity contribution >= 4 is 5.97 Å². The van der Waals surface area contributed by atoms with Crippen LogP contribution in [-0.2, 0) is 14.3 Å². The van der Waals surface area contributed by atoms with Gasteiger partial charge in [-0.3, -0.25) is 4.79 Å². The van der Waals surface area contributed by atoms with Crippen LogP contribution in [0.1, 0.15) is 52.9 Å². The van der Waals surface area contributed by atoms with Gasteiger partial charge in [0.1, 0.15) is 0 Å². The third-order valence-corrected chi connectivity index (χ3v) is 2.75. The van der Waals surface area contributed by atoms with Gasteiger partial charge in [-0.2, -0.15) is 0 Å². The number of hydrogen-bond acceptors (Lipinski definition) is 3. The van der Waals surface area contributed by atoms with Gasteiger partial charge in [-0.1, -0.05) is 19.3 Å². The highest BCUT2D eigenvalue weighted by atomic mass is 16.6. The summed E-state index contributed by atoms with van der Waals surface area (Å²) in [6, 6.07) is 0. The van der Waals surface area contributed by atoms with Crippen LogP contribution in [0.2, 0.25) is 0 Å². The van der Waals surface area contributed by atoms with Crippen LogP contribution in [0.15, 0.2) is 0 Å². The lowest BCUT2D eigenvalue weighted by molar-refractivity contribution is -0.150. The van der Waals surface area contributed by atoms with Gasteiger partial charge >= 0.3 is 5.97 Å². The van der Waals surface area contributed by atoms with Crippen molar-refractivity contribution in [3.05, 3.63) is 6.61 Å². The number of hydrogen-bond donors (Lipinski definition) is 0. The number of carbonyl (C=O) groups excluding carboxylic acids is 1. The molecule has 3 heteroatoms. The quantitative estimate of drug-likeness (QED) is 0.547. The molecule has 0 N–H and O–H groups in total. The first-order valence-corrected chi connectivity index (χ1v) is 6.14. The molecule has 0 aromatic rings. The molecule has 0 aromatic heterocycles. The van der Waals surface area contributed by atoms with Crippen LogP contribution in [0.5, 0.6) is 0 Å². The van der Waals surface area contributed by atoms with Crippen LogP contribution in [0.3, 0.4) is 0 Å². The Balaban J connectivity index is 2.05. The summed E-state index contributed by atoms with van der Waals surface area (Å²) in [7, 11) is 0. The molecule has 1 saturated carbocycles. The largest absolute Gasteiger partial charge is 0.455 e. The van der Waals surface area contributed by atoms with Crippen LogP contribution in [-0.4, -0.2) is 18.7 Å². The lowest BCUT2D eigenvalue weighted by Gasteiger charge is -2.22. The van der Waals surface area contributed by atoms with Crippen LogP contribution in [0.25, 0.3) is 0 Å². The summed E-state index contributed by atoms with van der Waals surface area (Å²) in [6.07, 6.45) is 6.47. The van der Waals surface area contributed by atoms with Crippen molar-refractivity contribution in [2.75, 3.05) is 6.61 Å². The Hall–Kier alpha value is -0.570. The van der Waals surface area contributed by atoms with Crippen LogP contribution in [0.4, 0.5) is 0 Å². The third kappa shape index (κ3) is 4.97. The molecule has 16 heavy (non-hydrogen) atoms. The van der Waals surface area contributed by atoms with Gasteiger partial charge in [-0.05, 0) is 33.6 Å². The van der Waals surface area contributed by atoms with Crippen LogP contribution >= 0.6 is 0 Å². The predicted octanol–water partition coefficient (Wildman–Crippen LogP) is 3.09. The Kier molecular flexibility index (Phi) is 5.26. The summed E-state index contributed by atoms with van der Waals surface area (Å²) in [4.78, 5) is 11.4. The first-order chi connectivity index (χ1) is 7.50. The van der Waals surface area contributed by atoms with Crippen molar-refractivity contribution in [2.24, 2.45) is 5.41 Å². The van der Waals surface area contributed by atoms with Crippen molar-refractivity contribution < 1.29 is 14.3 Å². The minimum Gasteiger partial charge on any atom is -0.455 e. The molecule has 0 saturated heterocycles. The molecule has 1 rings (SSSR count). The van der Waals surface area contributed by atoms with Gasteiger partial charge in [-0.15, -0.1) is 0 Å². The van der Waals surface area contributed by atoms with Gasteiger partial charge in [0.05, 0.1) is 18.1 Å². The van der Waals surface area contributed by atoms with E-state index in [9.17, 15) is 4.79 Å². The first kappa shape index (κ1) is 13.5. The lowest BCUT2D eigenvalue weighted by Crippen LogP contribution is -2.24. The minimum absolute atomic E-state index is 0.209. The van der Waals surface area contributed by atoms with Crippen molar-refractivity contribution in [1.29, 1.82) is 0 Å². The molecule has 0 aromatic carbocycles. The fraction of sp³-hybridized carbons (Fsp3) is 0.846. The van der Waals surface area contributed by atoms with Gasteiger partial charge in [0.2, 0.25) is 0 Å². The molecule has 0 heterocycles. The highest BCUT2D eigenvalue weighted by Gasteiger charge is 2.23. The number of esters is 1. The molecule has 93 valence electrons. The van der Waals surface area contributed by atoms with E-state index < -0.39 is 5.41 Å². The molecule has 1 fully saturated rings. The average molecular weight is 227 g/mol. The van der Waals surface area contributed by atoms with Crippen molar-refractivity contribution in [1.82, 2.24) is 0 Å². The number of rotatable bonds is 4. The van der Waals surface area contributed by atoms with E-state index in [0.29, 0.717) is 12.7 Å². The zero-order valence-corrected chi connectivity index (χ0v) is 10.6. The van der Waals surface area contributed by atoms with E-state index in [4.69, 9.17) is 9.47 Å². The monoisotopic (exact) mass is 227 g/mol. The summed E-state index contributed by atoms with van der Waals surface area (Å²) in [5, 5.41) is 0. The standard InChI is InChI=1S/C13H23O3/c1-13(2,3)12(14)16-10-9-15-11-7-5-4-6-8-11/h10-11H,4-9H2,1-3H3. The summed E-state index contributed by atoms with van der Waals surface area (Å²) < 4.78 is 10.6. The topological polar surface area (TPSA) is 35.5 Å². The minimum atomic E-state index is -0.443. The molecule has 0 aliphatic heterocycles. The maximum Gasteiger partial charge on any atom is 0.311 e. The maximum absolute atomic E-state index is 11.4. The fourth-order valence-corrected chi connectivity index (χ4v) is 1.69. The first-order valence-electron chi connectivity index (χ1n) is 6.14. The Labute approximate surface area is 98.5 Å². The highest BCUT2D eigenvalue weighted by Crippen LogP contribution is 2.20. The molecule has 0 amide bonds. The summed E-state index contributed by atoms with van der Waals surface area (Å²) in [6.45, 7) is 7.40. The molecule has 0 atom stereocenters. The Bertz CT molecular complexity index is 212. The van der Waals surface area contributed by atoms with Gasteiger partial charge in [0.15, 0.2) is 6.61 Å². The summed E-state index contributed by atoms with van der Waals surface area (Å²) >= 11 is 0. The van der Waals surface area contributed by atoms with E-state index in [-0.39, 0.29) is 5.97 Å². The molecule has 3 nitrogen and oxygen atoms in total. The Morgan fingerprint density at radius 2 is 1.88 bits per heavy atom. The summed E-state index contributed by atoms with van der Waals surface area (Å²) in [5.41, 5.74) is -0.443. The van der Waals surface area contributed by atoms with E-state index in [1.807, 2.05) is 20.8 Å². The number of ether oxygens (including phenoxy) is 2. The second kappa shape index (κ2) is 6.24. The smallest absolute Gasteiger partial charge is 0.311 e. The van der Waals surface area contributed by atoms with Gasteiger partial charge in [0.25, 0.3) is 0 Å². The molecular weight excluding hydrogens is 204 g/mol. The third-order valence-electron chi connectivity index (χ3n) is 2.75. The molecule has 1 radical (unpaired) electrons. The van der Waals surface area contributed by atoms with Crippen molar-refractivity contribution in [3.63, 3.8) is 0 Å². The Morgan fingerprint density at radius 3 is 2.44 bits per heavy atom. The molecule has 1 aliphatic carbocycles. The van der Waals surface area contributed by atoms with Crippen LogP contribution < -0.4 is 0 Å². The zero-order valence-electron chi connectivity index (χ0n) is 10.6. The van der Waals surface area contributed by atoms with Gasteiger partial charge in [-0.25, -0.2) is 0 Å². The van der Waals surface area contributed by atoms with E-state index in [1.54, 1.807) is 0 Å². The average Bonchev–Trinajstić information content (AvgIpc) is 2.24. The fourth-order valence-electron chi connectivity index (χ4n) is 1.69. The molecule has 0 bridgehead atoms. The van der Waals surface area contributed by atoms with Gasteiger partial charge in [0, 0.05) is 0 Å². The molecule has 0 unspecified atom stereocenters. The molecule has 1 aliphatic rings. The maximum atomic E-state index is 11.4. The second-order valence-corrected chi connectivity index (χ2v) is 5.42. The normalized spacial score (nSPS) is 18.4. The van der Waals surface area contributed by atoms with Gasteiger partial charge < -0.3 is 9.47 Å². The lowest BCUT2D eigenvalue weighted by atomic mass is 9.97. The van der Waals surface area contributed by atoms with Crippen molar-refractivity contribution in [2.45, 2.75) is 59.0 Å². The summed E-state index contributed by atoms with van der Waals surface area (Å²) in [5.74, 6) is -0.209.